The van der Waals surface area contributed by atoms with Crippen molar-refractivity contribution in [2.45, 2.75) is 6.92 Å². The van der Waals surface area contributed by atoms with E-state index in [2.05, 4.69) is 15.9 Å². The van der Waals surface area contributed by atoms with Crippen molar-refractivity contribution in [1.82, 2.24) is 0 Å². The van der Waals surface area contributed by atoms with Gasteiger partial charge in [0, 0.05) is 6.07 Å². The molecule has 0 spiro atoms. The molecule has 0 saturated heterocycles. The van der Waals surface area contributed by atoms with Gasteiger partial charge in [-0.2, -0.15) is 0 Å². The van der Waals surface area contributed by atoms with Gasteiger partial charge < -0.3 is 0 Å². The van der Waals surface area contributed by atoms with Gasteiger partial charge in [0.1, 0.15) is 0 Å². The molecule has 0 aromatic heterocycles. The zero-order chi connectivity index (χ0) is 13.8. The molecule has 1 aliphatic carbocycles. The number of benzene rings is 1. The van der Waals surface area contributed by atoms with Gasteiger partial charge in [0.2, 0.25) is 0 Å². The third-order valence-corrected chi connectivity index (χ3v) is 3.42. The first kappa shape index (κ1) is 13.5. The Labute approximate surface area is 119 Å². The van der Waals surface area contributed by atoms with Crippen LogP contribution < -0.4 is 0 Å². The quantitative estimate of drug-likeness (QED) is 0.580. The second-order valence-electron chi connectivity index (χ2n) is 4.17. The van der Waals surface area contributed by atoms with Gasteiger partial charge in [-0.3, -0.25) is 10.1 Å². The van der Waals surface area contributed by atoms with E-state index in [0.29, 0.717) is 4.47 Å². The van der Waals surface area contributed by atoms with Crippen LogP contribution >= 0.6 is 15.9 Å². The van der Waals surface area contributed by atoms with Gasteiger partial charge in [0.05, 0.1) is 9.40 Å². The number of hydrogen-bond acceptors (Lipinski definition) is 2. The molecule has 0 bridgehead atoms. The summed E-state index contributed by atoms with van der Waals surface area (Å²) in [4.78, 5) is 10.6. The monoisotopic (exact) mass is 317 g/mol. The zero-order valence-electron chi connectivity index (χ0n) is 10.3. The number of halogens is 1. The molecular formula is C15H12BrNO2. The maximum atomic E-state index is 10.9. The van der Waals surface area contributed by atoms with Crippen LogP contribution in [0.25, 0.3) is 5.57 Å². The van der Waals surface area contributed by atoms with Crippen LogP contribution in [0.2, 0.25) is 0 Å². The van der Waals surface area contributed by atoms with Crippen molar-refractivity contribution in [3.8, 4) is 0 Å². The first-order chi connectivity index (χ1) is 9.08. The van der Waals surface area contributed by atoms with Crippen molar-refractivity contribution in [3.63, 3.8) is 0 Å². The van der Waals surface area contributed by atoms with Gasteiger partial charge in [-0.05, 0) is 40.1 Å². The first-order valence-corrected chi connectivity index (χ1v) is 6.55. The predicted molar refractivity (Wildman–Crippen MR) is 80.8 cm³/mol. The van der Waals surface area contributed by atoms with Crippen molar-refractivity contribution in [3.05, 3.63) is 80.4 Å². The fourth-order valence-electron chi connectivity index (χ4n) is 1.72. The number of hydrogen-bond donors (Lipinski definition) is 0. The fourth-order valence-corrected chi connectivity index (χ4v) is 2.11. The molecule has 1 aromatic carbocycles. The second kappa shape index (κ2) is 5.80. The molecule has 0 radical (unpaired) electrons. The van der Waals surface area contributed by atoms with Gasteiger partial charge in [-0.25, -0.2) is 0 Å². The highest BCUT2D eigenvalue weighted by Crippen LogP contribution is 2.29. The van der Waals surface area contributed by atoms with E-state index in [1.807, 2.05) is 49.4 Å². The molecule has 0 fully saturated rings. The van der Waals surface area contributed by atoms with Crippen molar-refractivity contribution in [1.29, 1.82) is 0 Å². The Balaban J connectivity index is 2.45. The third kappa shape index (κ3) is 3.29. The summed E-state index contributed by atoms with van der Waals surface area (Å²) in [6, 6.07) is 5.14. The van der Waals surface area contributed by atoms with Crippen LogP contribution in [0.5, 0.6) is 0 Å². The van der Waals surface area contributed by atoms with Crippen molar-refractivity contribution < 1.29 is 4.92 Å². The highest BCUT2D eigenvalue weighted by molar-refractivity contribution is 9.10. The normalized spacial score (nSPS) is 14.4. The van der Waals surface area contributed by atoms with Crippen LogP contribution in [-0.4, -0.2) is 4.92 Å². The predicted octanol–water partition coefficient (Wildman–Crippen LogP) is 4.81. The summed E-state index contributed by atoms with van der Waals surface area (Å²) < 4.78 is 0.489. The zero-order valence-corrected chi connectivity index (χ0v) is 11.9. The van der Waals surface area contributed by atoms with E-state index in [9.17, 15) is 10.1 Å². The number of allylic oxidation sites excluding steroid dienone is 8. The van der Waals surface area contributed by atoms with Crippen molar-refractivity contribution in [2.75, 3.05) is 0 Å². The van der Waals surface area contributed by atoms with Gasteiger partial charge in [0.15, 0.2) is 0 Å². The van der Waals surface area contributed by atoms with Crippen molar-refractivity contribution >= 4 is 27.2 Å². The number of nitrogens with zero attached hydrogens (tertiary/aromatic N) is 1. The molecule has 0 N–H and O–H groups in total. The standard InChI is InChI=1S/C15H12BrNO2/c1-11-4-2-3-5-12(7-6-11)13-8-9-14(16)15(10-13)17(18)19/h2-10H,1H3. The Morgan fingerprint density at radius 3 is 2.63 bits per heavy atom. The molecule has 0 aliphatic heterocycles. The van der Waals surface area contributed by atoms with E-state index in [4.69, 9.17) is 0 Å². The fraction of sp³-hybridized carbons (Fsp3) is 0.0667. The number of nitro benzene ring substituents is 1. The van der Waals surface area contributed by atoms with E-state index in [-0.39, 0.29) is 10.6 Å². The summed E-state index contributed by atoms with van der Waals surface area (Å²) in [7, 11) is 0. The molecule has 0 heterocycles. The summed E-state index contributed by atoms with van der Waals surface area (Å²) >= 11 is 3.19. The maximum absolute atomic E-state index is 10.9. The summed E-state index contributed by atoms with van der Waals surface area (Å²) in [5, 5.41) is 10.9. The highest BCUT2D eigenvalue weighted by atomic mass is 79.9. The van der Waals surface area contributed by atoms with E-state index in [1.54, 1.807) is 12.1 Å². The SMILES string of the molecule is CC1=CC=CC=C(c2ccc(Br)c([N+](=O)[O-])c2)C=C1. The lowest BCUT2D eigenvalue weighted by Crippen LogP contribution is -1.91. The van der Waals surface area contributed by atoms with Gasteiger partial charge >= 0.3 is 0 Å². The van der Waals surface area contributed by atoms with Crippen LogP contribution in [0.3, 0.4) is 0 Å². The molecule has 0 amide bonds. The molecule has 3 nitrogen and oxygen atoms in total. The number of nitro groups is 1. The van der Waals surface area contributed by atoms with E-state index >= 15 is 0 Å². The minimum atomic E-state index is -0.387. The first-order valence-electron chi connectivity index (χ1n) is 5.75. The molecule has 96 valence electrons. The van der Waals surface area contributed by atoms with Crippen LogP contribution in [0.4, 0.5) is 5.69 Å². The van der Waals surface area contributed by atoms with Crippen LogP contribution in [0.15, 0.2) is 64.7 Å². The van der Waals surface area contributed by atoms with E-state index < -0.39 is 0 Å². The molecule has 2 rings (SSSR count). The van der Waals surface area contributed by atoms with E-state index in [1.165, 1.54) is 0 Å². The molecule has 1 aliphatic rings. The minimum absolute atomic E-state index is 0.0742. The lowest BCUT2D eigenvalue weighted by atomic mass is 10.0. The Bertz CT molecular complexity index is 640. The molecule has 19 heavy (non-hydrogen) atoms. The molecule has 1 aromatic rings. The highest BCUT2D eigenvalue weighted by Gasteiger charge is 2.13. The molecule has 0 atom stereocenters. The lowest BCUT2D eigenvalue weighted by Gasteiger charge is -2.05. The van der Waals surface area contributed by atoms with Crippen LogP contribution in [-0.2, 0) is 0 Å². The lowest BCUT2D eigenvalue weighted by molar-refractivity contribution is -0.385. The Kier molecular flexibility index (Phi) is 4.12. The Morgan fingerprint density at radius 2 is 1.89 bits per heavy atom. The second-order valence-corrected chi connectivity index (χ2v) is 5.03. The van der Waals surface area contributed by atoms with Gasteiger partial charge in [-0.15, -0.1) is 0 Å². The summed E-state index contributed by atoms with van der Waals surface area (Å²) in [6.45, 7) is 2.01. The van der Waals surface area contributed by atoms with Crippen molar-refractivity contribution in [2.24, 2.45) is 0 Å². The smallest absolute Gasteiger partial charge is 0.258 e. The number of rotatable bonds is 2. The average Bonchev–Trinajstić information content (AvgIpc) is 2.35. The molecule has 0 unspecified atom stereocenters. The molecular weight excluding hydrogens is 306 g/mol. The largest absolute Gasteiger partial charge is 0.284 e. The Hall–Kier alpha value is -1.94. The third-order valence-electron chi connectivity index (χ3n) is 2.75. The molecule has 4 heteroatoms. The summed E-state index contributed by atoms with van der Waals surface area (Å²) in [6.07, 6.45) is 11.8. The Morgan fingerprint density at radius 1 is 1.16 bits per heavy atom. The maximum Gasteiger partial charge on any atom is 0.284 e. The summed E-state index contributed by atoms with van der Waals surface area (Å²) in [5.74, 6) is 0. The minimum Gasteiger partial charge on any atom is -0.258 e. The topological polar surface area (TPSA) is 43.1 Å². The molecule has 0 saturated carbocycles. The van der Waals surface area contributed by atoms with E-state index in [0.717, 1.165) is 16.7 Å². The van der Waals surface area contributed by atoms with Crippen LogP contribution in [0.1, 0.15) is 12.5 Å². The average molecular weight is 318 g/mol. The summed E-state index contributed by atoms with van der Waals surface area (Å²) in [5.41, 5.74) is 2.98. The van der Waals surface area contributed by atoms with Crippen LogP contribution in [0, 0.1) is 10.1 Å². The van der Waals surface area contributed by atoms with Gasteiger partial charge in [0.25, 0.3) is 5.69 Å². The van der Waals surface area contributed by atoms with Gasteiger partial charge in [-0.1, -0.05) is 48.1 Å².